The molecule has 0 aliphatic carbocycles. The molecule has 0 amide bonds. The first-order valence-electron chi connectivity index (χ1n) is 11.4. The molecule has 2 heteroatoms. The minimum absolute atomic E-state index is 0.0440. The van der Waals surface area contributed by atoms with Gasteiger partial charge in [0.1, 0.15) is 0 Å². The van der Waals surface area contributed by atoms with Crippen LogP contribution in [0.15, 0.2) is 91.0 Å². The van der Waals surface area contributed by atoms with Crippen molar-refractivity contribution in [1.29, 1.82) is 0 Å². The van der Waals surface area contributed by atoms with Crippen LogP contribution in [0.4, 0.5) is 28.4 Å². The first-order chi connectivity index (χ1) is 15.4. The minimum atomic E-state index is -0.0821. The van der Waals surface area contributed by atoms with Crippen LogP contribution < -0.4 is 10.2 Å². The summed E-state index contributed by atoms with van der Waals surface area (Å²) in [6.07, 6.45) is 0. The molecule has 2 nitrogen and oxygen atoms in total. The van der Waals surface area contributed by atoms with Crippen molar-refractivity contribution in [3.63, 3.8) is 0 Å². The Labute approximate surface area is 190 Å². The molecule has 6 rings (SSSR count). The average Bonchev–Trinajstić information content (AvgIpc) is 2.80. The van der Waals surface area contributed by atoms with Crippen LogP contribution in [0.3, 0.4) is 0 Å². The lowest BCUT2D eigenvalue weighted by molar-refractivity contribution is 0.630. The van der Waals surface area contributed by atoms with Crippen LogP contribution in [-0.2, 0) is 10.8 Å². The van der Waals surface area contributed by atoms with Gasteiger partial charge in [0.15, 0.2) is 0 Å². The number of anilines is 5. The maximum Gasteiger partial charge on any atom is 0.0502 e. The molecule has 2 aliphatic rings. The third kappa shape index (κ3) is 2.53. The van der Waals surface area contributed by atoms with Crippen LogP contribution in [0, 0.1) is 0 Å². The highest BCUT2D eigenvalue weighted by Crippen LogP contribution is 2.53. The molecule has 0 spiro atoms. The third-order valence-corrected chi connectivity index (χ3v) is 7.44. The smallest absolute Gasteiger partial charge is 0.0502 e. The summed E-state index contributed by atoms with van der Waals surface area (Å²) in [5, 5.41) is 3.66. The molecule has 1 N–H and O–H groups in total. The number of hydrogen-bond acceptors (Lipinski definition) is 2. The third-order valence-electron chi connectivity index (χ3n) is 7.44. The standard InChI is InChI=1S/C30H28N2/c1-29(2)21-11-5-8-14-25(21)31-26-18-17-20(19-24(26)29)32-27-15-9-6-12-22(27)30(3,4)23-13-7-10-16-28(23)32/h5-19,31H,1-4H3. The Hall–Kier alpha value is -3.52. The van der Waals surface area contributed by atoms with Gasteiger partial charge in [0.2, 0.25) is 0 Å². The first kappa shape index (κ1) is 19.2. The van der Waals surface area contributed by atoms with Gasteiger partial charge in [-0.15, -0.1) is 0 Å². The van der Waals surface area contributed by atoms with Crippen LogP contribution >= 0.6 is 0 Å². The van der Waals surface area contributed by atoms with E-state index in [2.05, 4.69) is 129 Å². The topological polar surface area (TPSA) is 15.3 Å². The zero-order valence-corrected chi connectivity index (χ0v) is 19.1. The van der Waals surface area contributed by atoms with E-state index in [1.165, 1.54) is 50.7 Å². The fourth-order valence-electron chi connectivity index (χ4n) is 5.67. The Morgan fingerprint density at radius 3 is 1.69 bits per heavy atom. The van der Waals surface area contributed by atoms with Gasteiger partial charge in [0.05, 0.1) is 11.4 Å². The maximum atomic E-state index is 3.66. The van der Waals surface area contributed by atoms with E-state index in [1.807, 2.05) is 0 Å². The maximum absolute atomic E-state index is 3.66. The predicted octanol–water partition coefficient (Wildman–Crippen LogP) is 8.18. The summed E-state index contributed by atoms with van der Waals surface area (Å²) in [6.45, 7) is 9.32. The van der Waals surface area contributed by atoms with Crippen molar-refractivity contribution < 1.29 is 0 Å². The van der Waals surface area contributed by atoms with Crippen LogP contribution in [0.2, 0.25) is 0 Å². The molecule has 0 saturated carbocycles. The van der Waals surface area contributed by atoms with Crippen molar-refractivity contribution in [2.75, 3.05) is 10.2 Å². The molecule has 0 aromatic heterocycles. The summed E-state index contributed by atoms with van der Waals surface area (Å²) in [6, 6.07) is 33.2. The number of nitrogens with one attached hydrogen (secondary N) is 1. The molecule has 4 aromatic rings. The van der Waals surface area contributed by atoms with E-state index in [1.54, 1.807) is 0 Å². The molecular weight excluding hydrogens is 388 g/mol. The quantitative estimate of drug-likeness (QED) is 0.336. The van der Waals surface area contributed by atoms with E-state index < -0.39 is 0 Å². The van der Waals surface area contributed by atoms with Gasteiger partial charge >= 0.3 is 0 Å². The zero-order chi connectivity index (χ0) is 22.1. The Morgan fingerprint density at radius 2 is 1.03 bits per heavy atom. The highest BCUT2D eigenvalue weighted by molar-refractivity contribution is 5.87. The van der Waals surface area contributed by atoms with E-state index in [-0.39, 0.29) is 10.8 Å². The summed E-state index contributed by atoms with van der Waals surface area (Å²) >= 11 is 0. The van der Waals surface area contributed by atoms with Crippen LogP contribution in [0.25, 0.3) is 0 Å². The molecule has 0 unspecified atom stereocenters. The molecule has 158 valence electrons. The van der Waals surface area contributed by atoms with Crippen molar-refractivity contribution in [3.8, 4) is 0 Å². The fraction of sp³-hybridized carbons (Fsp3) is 0.200. The number of hydrogen-bond donors (Lipinski definition) is 1. The molecule has 2 heterocycles. The van der Waals surface area contributed by atoms with Gasteiger partial charge in [-0.3, -0.25) is 0 Å². The van der Waals surface area contributed by atoms with Gasteiger partial charge in [-0.05, 0) is 58.7 Å². The number of para-hydroxylation sites is 3. The molecule has 2 aliphatic heterocycles. The fourth-order valence-corrected chi connectivity index (χ4v) is 5.67. The van der Waals surface area contributed by atoms with Gasteiger partial charge in [-0.2, -0.15) is 0 Å². The molecule has 0 saturated heterocycles. The highest BCUT2D eigenvalue weighted by Gasteiger charge is 2.38. The molecule has 4 aromatic carbocycles. The Morgan fingerprint density at radius 1 is 0.531 bits per heavy atom. The number of benzene rings is 4. The molecule has 0 radical (unpaired) electrons. The van der Waals surface area contributed by atoms with E-state index in [0.29, 0.717) is 0 Å². The van der Waals surface area contributed by atoms with Crippen molar-refractivity contribution in [3.05, 3.63) is 113 Å². The lowest BCUT2D eigenvalue weighted by Crippen LogP contribution is -2.31. The summed E-state index contributed by atoms with van der Waals surface area (Å²) in [5.41, 5.74) is 11.4. The molecule has 0 fully saturated rings. The molecular formula is C30H28N2. The summed E-state index contributed by atoms with van der Waals surface area (Å²) < 4.78 is 0. The molecule has 0 atom stereocenters. The second kappa shape index (κ2) is 6.49. The van der Waals surface area contributed by atoms with Crippen LogP contribution in [0.5, 0.6) is 0 Å². The van der Waals surface area contributed by atoms with Crippen molar-refractivity contribution >= 4 is 28.4 Å². The van der Waals surface area contributed by atoms with E-state index in [4.69, 9.17) is 0 Å². The van der Waals surface area contributed by atoms with Gasteiger partial charge < -0.3 is 10.2 Å². The molecule has 32 heavy (non-hydrogen) atoms. The number of nitrogens with zero attached hydrogens (tertiary/aromatic N) is 1. The van der Waals surface area contributed by atoms with Gasteiger partial charge in [0, 0.05) is 27.9 Å². The number of rotatable bonds is 1. The molecule has 0 bridgehead atoms. The summed E-state index contributed by atoms with van der Waals surface area (Å²) in [7, 11) is 0. The van der Waals surface area contributed by atoms with E-state index in [0.717, 1.165) is 0 Å². The predicted molar refractivity (Wildman–Crippen MR) is 135 cm³/mol. The average molecular weight is 417 g/mol. The van der Waals surface area contributed by atoms with E-state index >= 15 is 0 Å². The minimum Gasteiger partial charge on any atom is -0.355 e. The lowest BCUT2D eigenvalue weighted by atomic mass is 9.73. The second-order valence-corrected chi connectivity index (χ2v) is 10.0. The number of fused-ring (bicyclic) bond motifs is 4. The van der Waals surface area contributed by atoms with Gasteiger partial charge in [-0.25, -0.2) is 0 Å². The summed E-state index contributed by atoms with van der Waals surface area (Å²) in [5.74, 6) is 0. The monoisotopic (exact) mass is 416 g/mol. The van der Waals surface area contributed by atoms with Gasteiger partial charge in [-0.1, -0.05) is 82.3 Å². The van der Waals surface area contributed by atoms with Crippen molar-refractivity contribution in [2.24, 2.45) is 0 Å². The van der Waals surface area contributed by atoms with Crippen LogP contribution in [0.1, 0.15) is 49.9 Å². The second-order valence-electron chi connectivity index (χ2n) is 10.0. The van der Waals surface area contributed by atoms with Crippen molar-refractivity contribution in [2.45, 2.75) is 38.5 Å². The normalized spacial score (nSPS) is 16.8. The lowest BCUT2D eigenvalue weighted by Gasteiger charge is -2.43. The van der Waals surface area contributed by atoms with Crippen molar-refractivity contribution in [1.82, 2.24) is 0 Å². The Balaban J connectivity index is 1.58. The zero-order valence-electron chi connectivity index (χ0n) is 19.1. The first-order valence-corrected chi connectivity index (χ1v) is 11.4. The Bertz CT molecular complexity index is 1310. The van der Waals surface area contributed by atoms with E-state index in [9.17, 15) is 0 Å². The highest BCUT2D eigenvalue weighted by atomic mass is 15.2. The summed E-state index contributed by atoms with van der Waals surface area (Å²) in [4.78, 5) is 2.44. The van der Waals surface area contributed by atoms with Gasteiger partial charge in [0.25, 0.3) is 0 Å². The largest absolute Gasteiger partial charge is 0.355 e. The SMILES string of the molecule is CC1(C)c2ccccc2Nc2ccc(N3c4ccccc4C(C)(C)c4ccccc43)cc21. The Kier molecular flexibility index (Phi) is 3.89. The van der Waals surface area contributed by atoms with Crippen LogP contribution in [-0.4, -0.2) is 0 Å².